The number of aromatic nitrogens is 1. The van der Waals surface area contributed by atoms with E-state index in [9.17, 15) is 14.4 Å². The summed E-state index contributed by atoms with van der Waals surface area (Å²) >= 11 is 0. The minimum Gasteiger partial charge on any atom is -0.449 e. The predicted octanol–water partition coefficient (Wildman–Crippen LogP) is 4.32. The van der Waals surface area contributed by atoms with Crippen molar-refractivity contribution in [2.24, 2.45) is 0 Å². The third kappa shape index (κ3) is 3.33. The molecule has 0 fully saturated rings. The number of ketones is 1. The maximum atomic E-state index is 12.9. The third-order valence-electron chi connectivity index (χ3n) is 4.88. The van der Waals surface area contributed by atoms with E-state index in [1.807, 2.05) is 31.2 Å². The lowest BCUT2D eigenvalue weighted by molar-refractivity contribution is 0.0290. The van der Waals surface area contributed by atoms with E-state index in [1.165, 1.54) is 6.92 Å². The minimum absolute atomic E-state index is 0.235. The van der Waals surface area contributed by atoms with Gasteiger partial charge in [0.05, 0.1) is 5.39 Å². The molecule has 1 atom stereocenters. The number of hydrogen-bond acceptors (Lipinski definition) is 5. The Kier molecular flexibility index (Phi) is 4.54. The van der Waals surface area contributed by atoms with Crippen molar-refractivity contribution >= 4 is 33.6 Å². The molecule has 0 aliphatic rings. The van der Waals surface area contributed by atoms with Crippen molar-refractivity contribution in [2.45, 2.75) is 26.9 Å². The molecule has 6 heteroatoms. The molecule has 4 aromatic rings. The number of benzene rings is 2. The summed E-state index contributed by atoms with van der Waals surface area (Å²) in [4.78, 5) is 40.9. The van der Waals surface area contributed by atoms with Gasteiger partial charge in [0.1, 0.15) is 5.58 Å². The molecule has 0 radical (unpaired) electrons. The van der Waals surface area contributed by atoms with Gasteiger partial charge in [0, 0.05) is 28.2 Å². The number of Topliss-reactive ketones (excluding diaryl/α,β-unsaturated/α-hetero) is 1. The lowest BCUT2D eigenvalue weighted by atomic mass is 10.0. The molecule has 146 valence electrons. The standard InChI is InChI=1S/C23H19NO5/c1-12-8-9-19-16(10-12)18(25)11-20(29-19)23(27)28-14(3)22(26)21-13(2)24-17-7-5-4-6-15(17)21/h4-11,14,24H,1-3H3/t14-/m1/s1. The van der Waals surface area contributed by atoms with Crippen LogP contribution < -0.4 is 5.43 Å². The normalized spacial score (nSPS) is 12.2. The van der Waals surface area contributed by atoms with Crippen molar-refractivity contribution in [2.75, 3.05) is 0 Å². The maximum absolute atomic E-state index is 12.9. The average molecular weight is 389 g/mol. The molecular formula is C23H19NO5. The van der Waals surface area contributed by atoms with Crippen LogP contribution in [0.1, 0.15) is 39.1 Å². The number of carbonyl (C=O) groups is 2. The quantitative estimate of drug-likeness (QED) is 0.415. The molecule has 2 heterocycles. The fraction of sp³-hybridized carbons (Fsp3) is 0.174. The van der Waals surface area contributed by atoms with E-state index in [1.54, 1.807) is 25.1 Å². The van der Waals surface area contributed by atoms with Crippen LogP contribution in [0.5, 0.6) is 0 Å². The number of carbonyl (C=O) groups excluding carboxylic acids is 2. The Morgan fingerprint density at radius 1 is 1.03 bits per heavy atom. The van der Waals surface area contributed by atoms with E-state index in [4.69, 9.17) is 9.15 Å². The fourth-order valence-electron chi connectivity index (χ4n) is 3.44. The van der Waals surface area contributed by atoms with Crippen LogP contribution in [0.4, 0.5) is 0 Å². The first kappa shape index (κ1) is 18.7. The fourth-order valence-corrected chi connectivity index (χ4v) is 3.44. The van der Waals surface area contributed by atoms with Crippen LogP contribution in [0.2, 0.25) is 0 Å². The molecule has 29 heavy (non-hydrogen) atoms. The second-order valence-corrected chi connectivity index (χ2v) is 7.06. The number of ether oxygens (including phenoxy) is 1. The molecule has 1 N–H and O–H groups in total. The summed E-state index contributed by atoms with van der Waals surface area (Å²) in [5, 5.41) is 1.16. The summed E-state index contributed by atoms with van der Waals surface area (Å²) in [5.41, 5.74) is 2.88. The number of esters is 1. The van der Waals surface area contributed by atoms with E-state index in [0.29, 0.717) is 22.2 Å². The molecule has 6 nitrogen and oxygen atoms in total. The molecule has 0 amide bonds. The second kappa shape index (κ2) is 7.05. The molecule has 2 aromatic heterocycles. The van der Waals surface area contributed by atoms with Crippen LogP contribution in [-0.4, -0.2) is 22.8 Å². The monoisotopic (exact) mass is 389 g/mol. The number of hydrogen-bond donors (Lipinski definition) is 1. The highest BCUT2D eigenvalue weighted by molar-refractivity contribution is 6.11. The first-order valence-electron chi connectivity index (χ1n) is 9.22. The van der Waals surface area contributed by atoms with Crippen LogP contribution in [0.25, 0.3) is 21.9 Å². The Balaban J connectivity index is 1.62. The van der Waals surface area contributed by atoms with Gasteiger partial charge in [0.15, 0.2) is 11.5 Å². The minimum atomic E-state index is -1.04. The first-order valence-corrected chi connectivity index (χ1v) is 9.22. The topological polar surface area (TPSA) is 89.4 Å². The van der Waals surface area contributed by atoms with E-state index in [2.05, 4.69) is 4.98 Å². The third-order valence-corrected chi connectivity index (χ3v) is 4.88. The molecule has 0 bridgehead atoms. The zero-order valence-electron chi connectivity index (χ0n) is 16.2. The molecule has 0 saturated heterocycles. The Hall–Kier alpha value is -3.67. The lowest BCUT2D eigenvalue weighted by Gasteiger charge is -2.12. The van der Waals surface area contributed by atoms with Gasteiger partial charge in [-0.1, -0.05) is 29.8 Å². The summed E-state index contributed by atoms with van der Waals surface area (Å²) in [6.07, 6.45) is -1.04. The highest BCUT2D eigenvalue weighted by Crippen LogP contribution is 2.24. The van der Waals surface area contributed by atoms with Gasteiger partial charge >= 0.3 is 5.97 Å². The molecule has 0 spiro atoms. The number of aromatic amines is 1. The van der Waals surface area contributed by atoms with E-state index in [0.717, 1.165) is 22.5 Å². The van der Waals surface area contributed by atoms with Gasteiger partial charge in [-0.05, 0) is 39.0 Å². The Morgan fingerprint density at radius 2 is 1.79 bits per heavy atom. The zero-order valence-corrected chi connectivity index (χ0v) is 16.2. The van der Waals surface area contributed by atoms with E-state index < -0.39 is 12.1 Å². The summed E-state index contributed by atoms with van der Waals surface area (Å²) in [6, 6.07) is 13.6. The van der Waals surface area contributed by atoms with Gasteiger partial charge in [-0.15, -0.1) is 0 Å². The van der Waals surface area contributed by atoms with Crippen LogP contribution in [0.3, 0.4) is 0 Å². The van der Waals surface area contributed by atoms with Crippen LogP contribution in [0.15, 0.2) is 57.7 Å². The Labute approximate surface area is 166 Å². The van der Waals surface area contributed by atoms with Crippen LogP contribution >= 0.6 is 0 Å². The molecule has 0 aliphatic carbocycles. The number of fused-ring (bicyclic) bond motifs is 2. The van der Waals surface area contributed by atoms with Crippen molar-refractivity contribution in [3.8, 4) is 0 Å². The molecular weight excluding hydrogens is 370 g/mol. The highest BCUT2D eigenvalue weighted by Gasteiger charge is 2.26. The Bertz CT molecular complexity index is 1330. The van der Waals surface area contributed by atoms with Crippen LogP contribution in [0, 0.1) is 13.8 Å². The zero-order chi connectivity index (χ0) is 20.7. The molecule has 2 aromatic carbocycles. The second-order valence-electron chi connectivity index (χ2n) is 7.06. The number of para-hydroxylation sites is 1. The lowest BCUT2D eigenvalue weighted by Crippen LogP contribution is -2.25. The largest absolute Gasteiger partial charge is 0.449 e. The maximum Gasteiger partial charge on any atom is 0.375 e. The summed E-state index contributed by atoms with van der Waals surface area (Å²) in [7, 11) is 0. The number of aryl methyl sites for hydroxylation is 2. The smallest absolute Gasteiger partial charge is 0.375 e. The molecule has 0 unspecified atom stereocenters. The predicted molar refractivity (Wildman–Crippen MR) is 109 cm³/mol. The van der Waals surface area contributed by atoms with Crippen LogP contribution in [-0.2, 0) is 4.74 Å². The summed E-state index contributed by atoms with van der Waals surface area (Å²) in [5.74, 6) is -1.42. The number of H-pyrrole nitrogens is 1. The molecule has 0 saturated carbocycles. The van der Waals surface area contributed by atoms with Gasteiger partial charge in [0.25, 0.3) is 0 Å². The SMILES string of the molecule is Cc1ccc2oc(C(=O)O[C@H](C)C(=O)c3c(C)[nH]c4ccccc34)cc(=O)c2c1. The Morgan fingerprint density at radius 3 is 2.59 bits per heavy atom. The van der Waals surface area contributed by atoms with Gasteiger partial charge in [-0.3, -0.25) is 9.59 Å². The molecule has 4 rings (SSSR count). The van der Waals surface area contributed by atoms with Crippen molar-refractivity contribution < 1.29 is 18.7 Å². The molecule has 0 aliphatic heterocycles. The van der Waals surface area contributed by atoms with E-state index >= 15 is 0 Å². The van der Waals surface area contributed by atoms with Gasteiger partial charge < -0.3 is 14.1 Å². The number of nitrogens with one attached hydrogen (secondary N) is 1. The first-order chi connectivity index (χ1) is 13.8. The van der Waals surface area contributed by atoms with Crippen molar-refractivity contribution in [3.63, 3.8) is 0 Å². The highest BCUT2D eigenvalue weighted by atomic mass is 16.6. The van der Waals surface area contributed by atoms with Crippen molar-refractivity contribution in [3.05, 3.63) is 81.3 Å². The summed E-state index contributed by atoms with van der Waals surface area (Å²) < 4.78 is 10.9. The number of rotatable bonds is 4. The summed E-state index contributed by atoms with van der Waals surface area (Å²) in [6.45, 7) is 5.16. The van der Waals surface area contributed by atoms with Gasteiger partial charge in [-0.25, -0.2) is 4.79 Å². The van der Waals surface area contributed by atoms with E-state index in [-0.39, 0.29) is 17.0 Å². The average Bonchev–Trinajstić information content (AvgIpc) is 3.03. The van der Waals surface area contributed by atoms with Crippen molar-refractivity contribution in [1.29, 1.82) is 0 Å². The van der Waals surface area contributed by atoms with Gasteiger partial charge in [0.2, 0.25) is 11.5 Å². The van der Waals surface area contributed by atoms with Crippen molar-refractivity contribution in [1.82, 2.24) is 4.98 Å². The van der Waals surface area contributed by atoms with Gasteiger partial charge in [-0.2, -0.15) is 0 Å².